The Morgan fingerprint density at radius 2 is 1.90 bits per heavy atom. The molecule has 2 N–H and O–H groups in total. The number of esters is 1. The van der Waals surface area contributed by atoms with Gasteiger partial charge in [0.2, 0.25) is 0 Å². The molecule has 0 unspecified atom stereocenters. The zero-order valence-corrected chi connectivity index (χ0v) is 12.7. The number of ketones is 1. The van der Waals surface area contributed by atoms with Crippen LogP contribution in [0.1, 0.15) is 36.7 Å². The number of nitrogens with two attached hydrogens (primary N) is 1. The molecule has 0 radical (unpaired) electrons. The Hall–Kier alpha value is -2.30. The molecule has 5 heteroatoms. The van der Waals surface area contributed by atoms with Crippen LogP contribution in [0.5, 0.6) is 5.75 Å². The summed E-state index contributed by atoms with van der Waals surface area (Å²) < 4.78 is 10.4. The number of rotatable bonds is 7. The predicted molar refractivity (Wildman–Crippen MR) is 81.5 cm³/mol. The molecule has 5 nitrogen and oxygen atoms in total. The minimum atomic E-state index is -0.461. The van der Waals surface area contributed by atoms with Gasteiger partial charge in [0.05, 0.1) is 5.69 Å². The van der Waals surface area contributed by atoms with E-state index in [-0.39, 0.29) is 19.0 Å². The van der Waals surface area contributed by atoms with Gasteiger partial charge in [-0.25, -0.2) is 4.79 Å². The van der Waals surface area contributed by atoms with Gasteiger partial charge in [0.1, 0.15) is 19.0 Å². The standard InChI is InChI=1S/C16H21NO4/c1-5-12-6-7-13(15(17)14(12)11(4)18)20-8-9-21-16(19)10(2)3/h6-7H,2,5,8-9,17H2,1,3-4H3. The summed E-state index contributed by atoms with van der Waals surface area (Å²) in [6, 6.07) is 3.55. The second-order valence-electron chi connectivity index (χ2n) is 4.69. The Labute approximate surface area is 124 Å². The molecule has 0 aliphatic rings. The van der Waals surface area contributed by atoms with E-state index in [4.69, 9.17) is 15.2 Å². The predicted octanol–water partition coefficient (Wildman–Crippen LogP) is 2.53. The molecule has 0 saturated heterocycles. The Kier molecular flexibility index (Phi) is 5.96. The summed E-state index contributed by atoms with van der Waals surface area (Å²) in [6.45, 7) is 8.74. The molecular formula is C16H21NO4. The summed E-state index contributed by atoms with van der Waals surface area (Å²) in [4.78, 5) is 22.9. The van der Waals surface area contributed by atoms with Gasteiger partial charge in [0, 0.05) is 11.1 Å². The van der Waals surface area contributed by atoms with Crippen molar-refractivity contribution in [3.63, 3.8) is 0 Å². The Morgan fingerprint density at radius 1 is 1.24 bits per heavy atom. The van der Waals surface area contributed by atoms with Gasteiger partial charge >= 0.3 is 5.97 Å². The van der Waals surface area contributed by atoms with Gasteiger partial charge in [-0.05, 0) is 31.9 Å². The fourth-order valence-electron chi connectivity index (χ4n) is 1.89. The van der Waals surface area contributed by atoms with Crippen LogP contribution in [0.15, 0.2) is 24.3 Å². The van der Waals surface area contributed by atoms with Crippen LogP contribution < -0.4 is 10.5 Å². The fraction of sp³-hybridized carbons (Fsp3) is 0.375. The van der Waals surface area contributed by atoms with Crippen LogP contribution in [0.2, 0.25) is 0 Å². The van der Waals surface area contributed by atoms with E-state index in [1.807, 2.05) is 13.0 Å². The first-order valence-corrected chi connectivity index (χ1v) is 6.76. The molecule has 0 fully saturated rings. The summed E-state index contributed by atoms with van der Waals surface area (Å²) in [5.41, 5.74) is 8.03. The smallest absolute Gasteiger partial charge is 0.333 e. The van der Waals surface area contributed by atoms with Gasteiger partial charge in [-0.2, -0.15) is 0 Å². The number of carbonyl (C=O) groups is 2. The Balaban J connectivity index is 2.72. The molecular weight excluding hydrogens is 270 g/mol. The normalized spacial score (nSPS) is 10.0. The topological polar surface area (TPSA) is 78.6 Å². The maximum absolute atomic E-state index is 11.7. The number of hydrogen-bond donors (Lipinski definition) is 1. The molecule has 0 atom stereocenters. The van der Waals surface area contributed by atoms with E-state index in [2.05, 4.69) is 6.58 Å². The highest BCUT2D eigenvalue weighted by Gasteiger charge is 2.14. The van der Waals surface area contributed by atoms with E-state index in [0.717, 1.165) is 12.0 Å². The van der Waals surface area contributed by atoms with E-state index in [9.17, 15) is 9.59 Å². The third kappa shape index (κ3) is 4.34. The van der Waals surface area contributed by atoms with Crippen molar-refractivity contribution in [1.82, 2.24) is 0 Å². The van der Waals surface area contributed by atoms with E-state index >= 15 is 0 Å². The highest BCUT2D eigenvalue weighted by molar-refractivity contribution is 6.01. The number of benzene rings is 1. The maximum atomic E-state index is 11.7. The van der Waals surface area contributed by atoms with Crippen LogP contribution in [0.4, 0.5) is 5.69 Å². The molecule has 21 heavy (non-hydrogen) atoms. The molecule has 0 heterocycles. The minimum absolute atomic E-state index is 0.0933. The zero-order chi connectivity index (χ0) is 16.0. The first kappa shape index (κ1) is 16.8. The van der Waals surface area contributed by atoms with E-state index in [1.165, 1.54) is 6.92 Å². The lowest BCUT2D eigenvalue weighted by atomic mass is 9.99. The lowest BCUT2D eigenvalue weighted by Gasteiger charge is -2.14. The van der Waals surface area contributed by atoms with Crippen LogP contribution >= 0.6 is 0 Å². The van der Waals surface area contributed by atoms with Gasteiger partial charge in [0.15, 0.2) is 5.78 Å². The third-order valence-corrected chi connectivity index (χ3v) is 2.95. The summed E-state index contributed by atoms with van der Waals surface area (Å²) in [7, 11) is 0. The van der Waals surface area contributed by atoms with Crippen molar-refractivity contribution in [2.75, 3.05) is 18.9 Å². The summed E-state index contributed by atoms with van der Waals surface area (Å²) in [6.07, 6.45) is 0.718. The molecule has 0 aromatic heterocycles. The van der Waals surface area contributed by atoms with Crippen LogP contribution in [0.25, 0.3) is 0 Å². The molecule has 0 saturated carbocycles. The van der Waals surface area contributed by atoms with Crippen LogP contribution in [0.3, 0.4) is 0 Å². The minimum Gasteiger partial charge on any atom is -0.488 e. The number of hydrogen-bond acceptors (Lipinski definition) is 5. The van der Waals surface area contributed by atoms with Crippen LogP contribution in [-0.2, 0) is 16.0 Å². The van der Waals surface area contributed by atoms with E-state index in [0.29, 0.717) is 22.6 Å². The number of nitrogen functional groups attached to an aromatic ring is 1. The highest BCUT2D eigenvalue weighted by Crippen LogP contribution is 2.29. The van der Waals surface area contributed by atoms with Crippen LogP contribution in [0, 0.1) is 0 Å². The molecule has 0 bridgehead atoms. The number of Topliss-reactive ketones (excluding diaryl/α,β-unsaturated/α-hetero) is 1. The van der Waals surface area contributed by atoms with Crippen molar-refractivity contribution in [3.8, 4) is 5.75 Å². The molecule has 0 aliphatic heterocycles. The summed E-state index contributed by atoms with van der Waals surface area (Å²) in [5, 5.41) is 0. The van der Waals surface area contributed by atoms with Crippen molar-refractivity contribution in [2.45, 2.75) is 27.2 Å². The quantitative estimate of drug-likeness (QED) is 0.274. The number of aryl methyl sites for hydroxylation is 1. The molecule has 0 aliphatic carbocycles. The zero-order valence-electron chi connectivity index (χ0n) is 12.7. The average molecular weight is 291 g/mol. The monoisotopic (exact) mass is 291 g/mol. The van der Waals surface area contributed by atoms with Crippen molar-refractivity contribution < 1.29 is 19.1 Å². The molecule has 114 valence electrons. The lowest BCUT2D eigenvalue weighted by Crippen LogP contribution is -2.14. The van der Waals surface area contributed by atoms with Crippen molar-refractivity contribution >= 4 is 17.4 Å². The second kappa shape index (κ2) is 7.47. The van der Waals surface area contributed by atoms with Gasteiger partial charge in [-0.15, -0.1) is 0 Å². The molecule has 0 amide bonds. The van der Waals surface area contributed by atoms with Crippen molar-refractivity contribution in [3.05, 3.63) is 35.4 Å². The van der Waals surface area contributed by atoms with E-state index in [1.54, 1.807) is 13.0 Å². The highest BCUT2D eigenvalue weighted by atomic mass is 16.6. The SMILES string of the molecule is C=C(C)C(=O)OCCOc1ccc(CC)c(C(C)=O)c1N. The van der Waals surface area contributed by atoms with Crippen molar-refractivity contribution in [2.24, 2.45) is 0 Å². The Morgan fingerprint density at radius 3 is 2.43 bits per heavy atom. The largest absolute Gasteiger partial charge is 0.488 e. The molecule has 1 aromatic rings. The number of carbonyl (C=O) groups excluding carboxylic acids is 2. The molecule has 0 spiro atoms. The van der Waals surface area contributed by atoms with Gasteiger partial charge < -0.3 is 15.2 Å². The number of ether oxygens (including phenoxy) is 2. The van der Waals surface area contributed by atoms with Gasteiger partial charge in [-0.3, -0.25) is 4.79 Å². The third-order valence-electron chi connectivity index (χ3n) is 2.95. The van der Waals surface area contributed by atoms with Crippen LogP contribution in [-0.4, -0.2) is 25.0 Å². The Bertz CT molecular complexity index is 564. The summed E-state index contributed by atoms with van der Waals surface area (Å²) in [5.74, 6) is -0.135. The fourth-order valence-corrected chi connectivity index (χ4v) is 1.89. The average Bonchev–Trinajstić information content (AvgIpc) is 2.43. The summed E-state index contributed by atoms with van der Waals surface area (Å²) >= 11 is 0. The maximum Gasteiger partial charge on any atom is 0.333 e. The molecule has 1 rings (SSSR count). The van der Waals surface area contributed by atoms with Crippen molar-refractivity contribution in [1.29, 1.82) is 0 Å². The van der Waals surface area contributed by atoms with Gasteiger partial charge in [0.25, 0.3) is 0 Å². The lowest BCUT2D eigenvalue weighted by molar-refractivity contribution is -0.139. The van der Waals surface area contributed by atoms with Gasteiger partial charge in [-0.1, -0.05) is 19.6 Å². The second-order valence-corrected chi connectivity index (χ2v) is 4.69. The molecule has 1 aromatic carbocycles. The van der Waals surface area contributed by atoms with E-state index < -0.39 is 5.97 Å². The first-order valence-electron chi connectivity index (χ1n) is 6.76. The first-order chi connectivity index (χ1) is 9.88. The number of anilines is 1.